The molecule has 1 aliphatic heterocycles. The van der Waals surface area contributed by atoms with Crippen molar-refractivity contribution in [2.75, 3.05) is 0 Å². The number of hydrogen-bond donors (Lipinski definition) is 2. The molecule has 2 amide bonds. The standard InChI is InChI=1S/C18H23N3O4/c1-3-11-18(2,17(24)25)19-16(23)14-9-10-15(22)21(20-14)12-13-7-5-4-6-8-13/h4-8H,3,9-12H2,1-2H3,(H,19,23)(H,24,25). The van der Waals surface area contributed by atoms with Gasteiger partial charge >= 0.3 is 5.97 Å². The lowest BCUT2D eigenvalue weighted by molar-refractivity contribution is -0.146. The second-order valence-corrected chi connectivity index (χ2v) is 6.33. The summed E-state index contributed by atoms with van der Waals surface area (Å²) in [6.45, 7) is 3.61. The van der Waals surface area contributed by atoms with Crippen LogP contribution in [0, 0.1) is 0 Å². The molecule has 2 N–H and O–H groups in total. The zero-order chi connectivity index (χ0) is 18.4. The molecular formula is C18H23N3O4. The summed E-state index contributed by atoms with van der Waals surface area (Å²) in [5.41, 5.74) is -0.262. The van der Waals surface area contributed by atoms with Gasteiger partial charge in [0, 0.05) is 12.8 Å². The van der Waals surface area contributed by atoms with E-state index in [9.17, 15) is 19.5 Å². The monoisotopic (exact) mass is 345 g/mol. The third kappa shape index (κ3) is 4.65. The van der Waals surface area contributed by atoms with E-state index in [0.29, 0.717) is 12.8 Å². The molecule has 1 heterocycles. The Morgan fingerprint density at radius 2 is 1.96 bits per heavy atom. The largest absolute Gasteiger partial charge is 0.480 e. The van der Waals surface area contributed by atoms with Gasteiger partial charge < -0.3 is 10.4 Å². The maximum Gasteiger partial charge on any atom is 0.329 e. The third-order valence-corrected chi connectivity index (χ3v) is 4.15. The number of carboxylic acid groups (broad SMARTS) is 1. The van der Waals surface area contributed by atoms with Crippen molar-refractivity contribution in [2.45, 2.75) is 51.6 Å². The molecule has 1 atom stereocenters. The summed E-state index contributed by atoms with van der Waals surface area (Å²) in [5, 5.41) is 17.4. The van der Waals surface area contributed by atoms with Crippen LogP contribution < -0.4 is 5.32 Å². The molecule has 7 heteroatoms. The minimum absolute atomic E-state index is 0.157. The van der Waals surface area contributed by atoms with Crippen molar-refractivity contribution in [3.63, 3.8) is 0 Å². The van der Waals surface area contributed by atoms with E-state index < -0.39 is 17.4 Å². The Balaban J connectivity index is 2.14. The van der Waals surface area contributed by atoms with Gasteiger partial charge in [0.05, 0.1) is 6.54 Å². The van der Waals surface area contributed by atoms with Crippen LogP contribution in [0.2, 0.25) is 0 Å². The zero-order valence-electron chi connectivity index (χ0n) is 14.5. The summed E-state index contributed by atoms with van der Waals surface area (Å²) in [6, 6.07) is 9.36. The molecule has 0 bridgehead atoms. The van der Waals surface area contributed by atoms with Crippen LogP contribution >= 0.6 is 0 Å². The number of carbonyl (C=O) groups excluding carboxylic acids is 2. The van der Waals surface area contributed by atoms with Crippen molar-refractivity contribution in [1.29, 1.82) is 0 Å². The minimum Gasteiger partial charge on any atom is -0.480 e. The maximum atomic E-state index is 12.5. The van der Waals surface area contributed by atoms with Crippen LogP contribution in [0.5, 0.6) is 0 Å². The maximum absolute atomic E-state index is 12.5. The van der Waals surface area contributed by atoms with Crippen molar-refractivity contribution in [1.82, 2.24) is 10.3 Å². The van der Waals surface area contributed by atoms with E-state index in [1.807, 2.05) is 37.3 Å². The van der Waals surface area contributed by atoms with E-state index in [4.69, 9.17) is 0 Å². The van der Waals surface area contributed by atoms with E-state index >= 15 is 0 Å². The highest BCUT2D eigenvalue weighted by atomic mass is 16.4. The summed E-state index contributed by atoms with van der Waals surface area (Å²) in [4.78, 5) is 36.0. The van der Waals surface area contributed by atoms with Crippen molar-refractivity contribution >= 4 is 23.5 Å². The molecule has 0 spiro atoms. The van der Waals surface area contributed by atoms with E-state index in [0.717, 1.165) is 5.56 Å². The highest BCUT2D eigenvalue weighted by Crippen LogP contribution is 2.16. The van der Waals surface area contributed by atoms with Gasteiger partial charge in [0.25, 0.3) is 5.91 Å². The Morgan fingerprint density at radius 3 is 2.56 bits per heavy atom. The summed E-state index contributed by atoms with van der Waals surface area (Å²) in [5.74, 6) is -1.78. The molecule has 1 aliphatic rings. The predicted octanol–water partition coefficient (Wildman–Crippen LogP) is 1.92. The van der Waals surface area contributed by atoms with Crippen molar-refractivity contribution < 1.29 is 19.5 Å². The average molecular weight is 345 g/mol. The molecule has 1 aromatic rings. The van der Waals surface area contributed by atoms with Crippen LogP contribution in [0.15, 0.2) is 35.4 Å². The smallest absolute Gasteiger partial charge is 0.329 e. The van der Waals surface area contributed by atoms with E-state index in [1.165, 1.54) is 11.9 Å². The fourth-order valence-corrected chi connectivity index (χ4v) is 2.69. The first-order chi connectivity index (χ1) is 11.9. The number of rotatable bonds is 7. The normalized spacial score (nSPS) is 16.8. The van der Waals surface area contributed by atoms with Gasteiger partial charge in [0.1, 0.15) is 11.3 Å². The molecular weight excluding hydrogens is 322 g/mol. The summed E-state index contributed by atoms with van der Waals surface area (Å²) >= 11 is 0. The lowest BCUT2D eigenvalue weighted by Crippen LogP contribution is -2.54. The van der Waals surface area contributed by atoms with E-state index in [-0.39, 0.29) is 31.0 Å². The van der Waals surface area contributed by atoms with Gasteiger partial charge in [-0.25, -0.2) is 9.80 Å². The van der Waals surface area contributed by atoms with Crippen molar-refractivity contribution in [3.05, 3.63) is 35.9 Å². The van der Waals surface area contributed by atoms with Crippen LogP contribution in [0.4, 0.5) is 0 Å². The number of aliphatic carboxylic acids is 1. The predicted molar refractivity (Wildman–Crippen MR) is 92.8 cm³/mol. The second-order valence-electron chi connectivity index (χ2n) is 6.33. The second kappa shape index (κ2) is 7.92. The van der Waals surface area contributed by atoms with Gasteiger partial charge in [-0.05, 0) is 18.9 Å². The molecule has 1 unspecified atom stereocenters. The zero-order valence-corrected chi connectivity index (χ0v) is 14.5. The summed E-state index contributed by atoms with van der Waals surface area (Å²) in [7, 11) is 0. The summed E-state index contributed by atoms with van der Waals surface area (Å²) < 4.78 is 0. The molecule has 0 aromatic heterocycles. The Hall–Kier alpha value is -2.70. The lowest BCUT2D eigenvalue weighted by Gasteiger charge is -2.28. The minimum atomic E-state index is -1.35. The number of carbonyl (C=O) groups is 3. The number of carboxylic acids is 1. The van der Waals surface area contributed by atoms with Crippen LogP contribution in [-0.2, 0) is 20.9 Å². The van der Waals surface area contributed by atoms with Gasteiger partial charge in [-0.15, -0.1) is 0 Å². The number of amides is 2. The molecule has 0 aliphatic carbocycles. The molecule has 2 rings (SSSR count). The molecule has 134 valence electrons. The van der Waals surface area contributed by atoms with E-state index in [2.05, 4.69) is 10.4 Å². The fourth-order valence-electron chi connectivity index (χ4n) is 2.69. The Labute approximate surface area is 146 Å². The highest BCUT2D eigenvalue weighted by Gasteiger charge is 2.36. The molecule has 0 saturated heterocycles. The number of nitrogens with one attached hydrogen (secondary N) is 1. The summed E-state index contributed by atoms with van der Waals surface area (Å²) in [6.07, 6.45) is 1.32. The van der Waals surface area contributed by atoms with Gasteiger partial charge in [0.2, 0.25) is 5.91 Å². The first-order valence-electron chi connectivity index (χ1n) is 8.33. The van der Waals surface area contributed by atoms with Crippen LogP contribution in [0.3, 0.4) is 0 Å². The molecule has 7 nitrogen and oxygen atoms in total. The Morgan fingerprint density at radius 1 is 1.28 bits per heavy atom. The Kier molecular flexibility index (Phi) is 5.90. The van der Waals surface area contributed by atoms with Crippen LogP contribution in [-0.4, -0.2) is 39.1 Å². The molecule has 0 radical (unpaired) electrons. The molecule has 0 fully saturated rings. The van der Waals surface area contributed by atoms with Crippen molar-refractivity contribution in [3.8, 4) is 0 Å². The quantitative estimate of drug-likeness (QED) is 0.788. The number of nitrogens with zero attached hydrogens (tertiary/aromatic N) is 2. The number of benzene rings is 1. The Bertz CT molecular complexity index is 687. The third-order valence-electron chi connectivity index (χ3n) is 4.15. The SMILES string of the molecule is CCCC(C)(NC(=O)C1=NN(Cc2ccccc2)C(=O)CC1)C(=O)O. The topological polar surface area (TPSA) is 99.1 Å². The number of hydrazone groups is 1. The van der Waals surface area contributed by atoms with Crippen molar-refractivity contribution in [2.24, 2.45) is 5.10 Å². The highest BCUT2D eigenvalue weighted by molar-refractivity contribution is 6.40. The van der Waals surface area contributed by atoms with Crippen LogP contribution in [0.1, 0.15) is 45.1 Å². The van der Waals surface area contributed by atoms with Crippen LogP contribution in [0.25, 0.3) is 0 Å². The lowest BCUT2D eigenvalue weighted by atomic mass is 9.95. The van der Waals surface area contributed by atoms with Gasteiger partial charge in [0.15, 0.2) is 0 Å². The fraction of sp³-hybridized carbons (Fsp3) is 0.444. The first kappa shape index (κ1) is 18.6. The molecule has 1 aromatic carbocycles. The first-order valence-corrected chi connectivity index (χ1v) is 8.33. The molecule has 25 heavy (non-hydrogen) atoms. The van der Waals surface area contributed by atoms with Gasteiger partial charge in [-0.2, -0.15) is 5.10 Å². The van der Waals surface area contributed by atoms with Gasteiger partial charge in [-0.3, -0.25) is 9.59 Å². The van der Waals surface area contributed by atoms with E-state index in [1.54, 1.807) is 0 Å². The molecule has 0 saturated carbocycles. The number of hydrogen-bond acceptors (Lipinski definition) is 4. The van der Waals surface area contributed by atoms with Gasteiger partial charge in [-0.1, -0.05) is 43.7 Å². The average Bonchev–Trinajstić information content (AvgIpc) is 2.57.